The number of rotatable bonds is 5. The molecule has 1 aromatic carbocycles. The summed E-state index contributed by atoms with van der Waals surface area (Å²) in [5.41, 5.74) is 1.18. The van der Waals surface area contributed by atoms with Gasteiger partial charge in [0, 0.05) is 18.2 Å². The predicted octanol–water partition coefficient (Wildman–Crippen LogP) is 3.62. The third-order valence-electron chi connectivity index (χ3n) is 4.46. The van der Waals surface area contributed by atoms with Crippen LogP contribution in [-0.4, -0.2) is 24.2 Å². The monoisotopic (exact) mass is 485 g/mol. The number of hydrogen-bond acceptors (Lipinski definition) is 4. The van der Waals surface area contributed by atoms with Crippen LogP contribution in [0, 0.1) is 9.49 Å². The lowest BCUT2D eigenvalue weighted by molar-refractivity contribution is 0.580. The summed E-state index contributed by atoms with van der Waals surface area (Å²) >= 11 is 3.40. The van der Waals surface area contributed by atoms with Crippen molar-refractivity contribution in [1.29, 1.82) is 0 Å². The van der Waals surface area contributed by atoms with Gasteiger partial charge in [0.2, 0.25) is 10.0 Å². The van der Waals surface area contributed by atoms with E-state index in [0.717, 1.165) is 8.57 Å². The third-order valence-corrected chi connectivity index (χ3v) is 8.05. The molecule has 8 heteroatoms. The molecule has 4 rings (SSSR count). The van der Waals surface area contributed by atoms with Gasteiger partial charge in [0.1, 0.15) is 9.21 Å². The van der Waals surface area contributed by atoms with Crippen LogP contribution in [0.1, 0.15) is 18.4 Å². The van der Waals surface area contributed by atoms with Gasteiger partial charge in [-0.15, -0.1) is 11.3 Å². The van der Waals surface area contributed by atoms with E-state index in [1.54, 1.807) is 23.0 Å². The van der Waals surface area contributed by atoms with E-state index in [2.05, 4.69) is 51.5 Å². The van der Waals surface area contributed by atoms with Gasteiger partial charge in [-0.25, -0.2) is 17.8 Å². The lowest BCUT2D eigenvalue weighted by Crippen LogP contribution is -2.27. The second-order valence-corrected chi connectivity index (χ2v) is 10.4. The molecule has 1 N–H and O–H groups in total. The molecule has 2 aromatic heterocycles. The van der Waals surface area contributed by atoms with E-state index in [-0.39, 0.29) is 12.0 Å². The number of aromatic nitrogens is 2. The van der Waals surface area contributed by atoms with Crippen molar-refractivity contribution in [2.75, 3.05) is 0 Å². The van der Waals surface area contributed by atoms with Crippen molar-refractivity contribution in [1.82, 2.24) is 14.5 Å². The first-order chi connectivity index (χ1) is 12.0. The van der Waals surface area contributed by atoms with E-state index >= 15 is 0 Å². The Morgan fingerprint density at radius 3 is 2.64 bits per heavy atom. The molecule has 0 saturated heterocycles. The van der Waals surface area contributed by atoms with Crippen molar-refractivity contribution < 1.29 is 8.42 Å². The molecule has 0 unspecified atom stereocenters. The van der Waals surface area contributed by atoms with Gasteiger partial charge in [-0.2, -0.15) is 5.10 Å². The molecule has 130 valence electrons. The maximum absolute atomic E-state index is 12.7. The Morgan fingerprint density at radius 1 is 1.20 bits per heavy atom. The molecule has 1 aliphatic rings. The van der Waals surface area contributed by atoms with Gasteiger partial charge in [-0.05, 0) is 46.2 Å². The van der Waals surface area contributed by atoms with E-state index < -0.39 is 10.0 Å². The van der Waals surface area contributed by atoms with Gasteiger partial charge in [0.15, 0.2) is 0 Å². The summed E-state index contributed by atoms with van der Waals surface area (Å²) in [5, 5.41) is 5.01. The zero-order valence-corrected chi connectivity index (χ0v) is 17.1. The van der Waals surface area contributed by atoms with Crippen LogP contribution >= 0.6 is 33.9 Å². The first-order valence-corrected chi connectivity index (χ1v) is 11.2. The summed E-state index contributed by atoms with van der Waals surface area (Å²) < 4.78 is 31.3. The number of sulfonamides is 1. The van der Waals surface area contributed by atoms with Gasteiger partial charge in [0.05, 0.1) is 9.77 Å². The van der Waals surface area contributed by atoms with Crippen LogP contribution in [0.25, 0.3) is 5.00 Å². The van der Waals surface area contributed by atoms with Crippen molar-refractivity contribution >= 4 is 44.0 Å². The van der Waals surface area contributed by atoms with E-state index in [1.807, 2.05) is 24.4 Å². The van der Waals surface area contributed by atoms with Gasteiger partial charge >= 0.3 is 0 Å². The molecule has 3 atom stereocenters. The first kappa shape index (κ1) is 17.2. The SMILES string of the molecule is C[C@H]1[C@H](NS(=O)(=O)c2ccc(-n3cc(I)cn3)s2)[C@H]1c1ccccc1. The summed E-state index contributed by atoms with van der Waals surface area (Å²) in [5.74, 6) is 0.535. The van der Waals surface area contributed by atoms with Crippen LogP contribution in [0.4, 0.5) is 0 Å². The summed E-state index contributed by atoms with van der Waals surface area (Å²) in [6, 6.07) is 13.4. The molecule has 5 nitrogen and oxygen atoms in total. The molecule has 0 aliphatic heterocycles. The standard InChI is InChI=1S/C17H16IN3O2S2/c1-11-16(12-5-3-2-4-6-12)17(11)20-25(22,23)15-8-7-14(24-15)21-10-13(18)9-19-21/h2-11,16-17,20H,1H3/t11-,16-,17+/m1/s1. The molecule has 3 aromatic rings. The number of benzene rings is 1. The Morgan fingerprint density at radius 2 is 1.96 bits per heavy atom. The quantitative estimate of drug-likeness (QED) is 0.562. The molecular weight excluding hydrogens is 469 g/mol. The zero-order valence-electron chi connectivity index (χ0n) is 13.3. The number of thiophene rings is 1. The fourth-order valence-electron chi connectivity index (χ4n) is 3.07. The molecule has 0 bridgehead atoms. The minimum absolute atomic E-state index is 0.0522. The normalized spacial score (nSPS) is 22.9. The van der Waals surface area contributed by atoms with Crippen LogP contribution in [0.15, 0.2) is 59.1 Å². The molecule has 1 saturated carbocycles. The molecule has 2 heterocycles. The molecule has 0 spiro atoms. The van der Waals surface area contributed by atoms with Crippen molar-refractivity contribution in [3.8, 4) is 5.00 Å². The summed E-state index contributed by atoms with van der Waals surface area (Å²) in [6.07, 6.45) is 3.60. The molecule has 0 radical (unpaired) electrons. The second kappa shape index (κ2) is 6.49. The van der Waals surface area contributed by atoms with Crippen LogP contribution in [0.2, 0.25) is 0 Å². The van der Waals surface area contributed by atoms with Crippen molar-refractivity contribution in [2.24, 2.45) is 5.92 Å². The number of hydrogen-bond donors (Lipinski definition) is 1. The maximum Gasteiger partial charge on any atom is 0.250 e. The zero-order chi connectivity index (χ0) is 17.6. The van der Waals surface area contributed by atoms with Gasteiger partial charge < -0.3 is 0 Å². The molecule has 1 fully saturated rings. The van der Waals surface area contributed by atoms with Crippen molar-refractivity contribution in [2.45, 2.75) is 23.1 Å². The lowest BCUT2D eigenvalue weighted by atomic mass is 10.1. The van der Waals surface area contributed by atoms with Gasteiger partial charge in [0.25, 0.3) is 0 Å². The Kier molecular flexibility index (Phi) is 4.47. The minimum Gasteiger partial charge on any atom is -0.230 e. The average Bonchev–Trinajstić information content (AvgIpc) is 3.02. The Bertz CT molecular complexity index is 998. The highest BCUT2D eigenvalue weighted by molar-refractivity contribution is 14.1. The van der Waals surface area contributed by atoms with Crippen molar-refractivity contribution in [3.63, 3.8) is 0 Å². The highest BCUT2D eigenvalue weighted by Gasteiger charge is 2.49. The smallest absolute Gasteiger partial charge is 0.230 e. The third kappa shape index (κ3) is 3.40. The number of nitrogens with zero attached hydrogens (tertiary/aromatic N) is 2. The second-order valence-electron chi connectivity index (χ2n) is 6.14. The summed E-state index contributed by atoms with van der Waals surface area (Å²) in [6.45, 7) is 2.08. The highest BCUT2D eigenvalue weighted by Crippen LogP contribution is 2.48. The van der Waals surface area contributed by atoms with Crippen molar-refractivity contribution in [3.05, 3.63) is 64.0 Å². The van der Waals surface area contributed by atoms with Crippen LogP contribution < -0.4 is 4.72 Å². The fourth-order valence-corrected chi connectivity index (χ4v) is 6.05. The lowest BCUT2D eigenvalue weighted by Gasteiger charge is -2.04. The summed E-state index contributed by atoms with van der Waals surface area (Å²) in [7, 11) is -3.53. The molecular formula is C17H16IN3O2S2. The van der Waals surface area contributed by atoms with Crippen LogP contribution in [-0.2, 0) is 10.0 Å². The van der Waals surface area contributed by atoms with E-state index in [1.165, 1.54) is 16.9 Å². The van der Waals surface area contributed by atoms with E-state index in [4.69, 9.17) is 0 Å². The highest BCUT2D eigenvalue weighted by atomic mass is 127. The fraction of sp³-hybridized carbons (Fsp3) is 0.235. The number of nitrogens with one attached hydrogen (secondary N) is 1. The topological polar surface area (TPSA) is 64.0 Å². The number of halogens is 1. The largest absolute Gasteiger partial charge is 0.250 e. The Hall–Kier alpha value is -1.23. The van der Waals surface area contributed by atoms with Gasteiger partial charge in [-0.1, -0.05) is 37.3 Å². The predicted molar refractivity (Wildman–Crippen MR) is 107 cm³/mol. The van der Waals surface area contributed by atoms with E-state index in [0.29, 0.717) is 10.1 Å². The molecule has 1 aliphatic carbocycles. The first-order valence-electron chi connectivity index (χ1n) is 7.83. The van der Waals surface area contributed by atoms with Crippen LogP contribution in [0.3, 0.4) is 0 Å². The van der Waals surface area contributed by atoms with Crippen LogP contribution in [0.5, 0.6) is 0 Å². The molecule has 0 amide bonds. The summed E-state index contributed by atoms with van der Waals surface area (Å²) in [4.78, 5) is 0. The Balaban J connectivity index is 1.52. The molecule has 25 heavy (non-hydrogen) atoms. The average molecular weight is 485 g/mol. The maximum atomic E-state index is 12.7. The Labute approximate surface area is 164 Å². The van der Waals surface area contributed by atoms with Gasteiger partial charge in [-0.3, -0.25) is 0 Å². The minimum atomic E-state index is -3.53. The van der Waals surface area contributed by atoms with E-state index in [9.17, 15) is 8.42 Å².